The fraction of sp³-hybridized carbons (Fsp3) is 0.500. The molecule has 3 rings (SSSR count). The Balaban J connectivity index is 1.68. The van der Waals surface area contributed by atoms with Crippen LogP contribution in [0.15, 0.2) is 18.2 Å². The zero-order chi connectivity index (χ0) is 12.4. The van der Waals surface area contributed by atoms with Crippen molar-refractivity contribution < 1.29 is 19.0 Å². The van der Waals surface area contributed by atoms with Gasteiger partial charge in [0.2, 0.25) is 0 Å². The van der Waals surface area contributed by atoms with Crippen molar-refractivity contribution in [1.82, 2.24) is 0 Å². The molecule has 1 saturated heterocycles. The molecule has 1 aliphatic carbocycles. The first-order valence-electron chi connectivity index (χ1n) is 6.32. The van der Waals surface area contributed by atoms with Crippen LogP contribution >= 0.6 is 0 Å². The Hall–Kier alpha value is -1.39. The van der Waals surface area contributed by atoms with E-state index < -0.39 is 0 Å². The van der Waals surface area contributed by atoms with Crippen LogP contribution in [0.2, 0.25) is 0 Å². The number of hydrogen-bond acceptors (Lipinski definition) is 4. The molecule has 1 aliphatic heterocycles. The lowest BCUT2D eigenvalue weighted by atomic mass is 10.1. The molecule has 0 unspecified atom stereocenters. The Kier molecular flexibility index (Phi) is 3.30. The average Bonchev–Trinajstić information content (AvgIpc) is 2.80. The minimum atomic E-state index is -0.00768. The summed E-state index contributed by atoms with van der Waals surface area (Å²) in [7, 11) is 0. The highest BCUT2D eigenvalue weighted by atomic mass is 16.6. The first-order valence-corrected chi connectivity index (χ1v) is 6.32. The van der Waals surface area contributed by atoms with Crippen LogP contribution in [0.5, 0.6) is 5.75 Å². The second kappa shape index (κ2) is 5.08. The van der Waals surface area contributed by atoms with E-state index in [-0.39, 0.29) is 11.9 Å². The van der Waals surface area contributed by atoms with Crippen molar-refractivity contribution in [3.63, 3.8) is 0 Å². The lowest BCUT2D eigenvalue weighted by Crippen LogP contribution is -2.33. The summed E-state index contributed by atoms with van der Waals surface area (Å²) in [4.78, 5) is 11.6. The van der Waals surface area contributed by atoms with E-state index in [2.05, 4.69) is 0 Å². The van der Waals surface area contributed by atoms with Crippen LogP contribution in [0.1, 0.15) is 22.3 Å². The monoisotopic (exact) mass is 248 g/mol. The quantitative estimate of drug-likeness (QED) is 0.815. The summed E-state index contributed by atoms with van der Waals surface area (Å²) in [6.45, 7) is 2.34. The highest BCUT2D eigenvalue weighted by Crippen LogP contribution is 2.30. The Morgan fingerprint density at radius 1 is 1.28 bits per heavy atom. The summed E-state index contributed by atoms with van der Waals surface area (Å²) in [5, 5.41) is 0. The van der Waals surface area contributed by atoms with Gasteiger partial charge in [-0.3, -0.25) is 4.79 Å². The number of benzene rings is 1. The maximum atomic E-state index is 11.6. The van der Waals surface area contributed by atoms with Crippen molar-refractivity contribution in [2.24, 2.45) is 0 Å². The van der Waals surface area contributed by atoms with E-state index in [0.717, 1.165) is 23.3 Å². The van der Waals surface area contributed by atoms with Gasteiger partial charge in [-0.15, -0.1) is 0 Å². The fourth-order valence-corrected chi connectivity index (χ4v) is 2.41. The number of ketones is 1. The molecule has 4 nitrogen and oxygen atoms in total. The summed E-state index contributed by atoms with van der Waals surface area (Å²) >= 11 is 0. The molecule has 1 heterocycles. The van der Waals surface area contributed by atoms with Crippen LogP contribution in [0.4, 0.5) is 0 Å². The zero-order valence-electron chi connectivity index (χ0n) is 10.2. The maximum absolute atomic E-state index is 11.6. The molecule has 0 spiro atoms. The number of carbonyl (C=O) groups is 1. The van der Waals surface area contributed by atoms with E-state index in [0.29, 0.717) is 32.8 Å². The number of Topliss-reactive ketones (excluding diaryl/α,β-unsaturated/α-hetero) is 1. The third-order valence-corrected chi connectivity index (χ3v) is 3.35. The standard InChI is InChI=1S/C14H16O4/c15-13-5-4-12-11(13)2-1-3-14(12)18-9-10-8-16-6-7-17-10/h1-3,10H,4-9H2/t10-/m0/s1. The molecule has 1 fully saturated rings. The molecule has 0 N–H and O–H groups in total. The van der Waals surface area contributed by atoms with Gasteiger partial charge in [0.1, 0.15) is 18.5 Å². The first-order chi connectivity index (χ1) is 8.84. The third kappa shape index (κ3) is 2.26. The van der Waals surface area contributed by atoms with E-state index in [4.69, 9.17) is 14.2 Å². The van der Waals surface area contributed by atoms with Crippen LogP contribution in [0.25, 0.3) is 0 Å². The van der Waals surface area contributed by atoms with E-state index in [1.54, 1.807) is 0 Å². The Morgan fingerprint density at radius 3 is 3.06 bits per heavy atom. The number of ether oxygens (including phenoxy) is 3. The van der Waals surface area contributed by atoms with Gasteiger partial charge in [0, 0.05) is 17.5 Å². The van der Waals surface area contributed by atoms with Gasteiger partial charge in [-0.25, -0.2) is 0 Å². The first kappa shape index (κ1) is 11.7. The summed E-state index contributed by atoms with van der Waals surface area (Å²) in [6.07, 6.45) is 1.37. The number of fused-ring (bicyclic) bond motifs is 1. The van der Waals surface area contributed by atoms with Crippen molar-refractivity contribution in [3.05, 3.63) is 29.3 Å². The lowest BCUT2D eigenvalue weighted by molar-refractivity contribution is -0.101. The highest BCUT2D eigenvalue weighted by molar-refractivity contribution is 6.01. The van der Waals surface area contributed by atoms with E-state index in [1.807, 2.05) is 18.2 Å². The van der Waals surface area contributed by atoms with Crippen molar-refractivity contribution in [3.8, 4) is 5.75 Å². The molecular weight excluding hydrogens is 232 g/mol. The van der Waals surface area contributed by atoms with Gasteiger partial charge < -0.3 is 14.2 Å². The molecule has 4 heteroatoms. The minimum absolute atomic E-state index is 0.00768. The highest BCUT2D eigenvalue weighted by Gasteiger charge is 2.23. The molecule has 18 heavy (non-hydrogen) atoms. The van der Waals surface area contributed by atoms with Gasteiger partial charge >= 0.3 is 0 Å². The molecule has 0 amide bonds. The second-order valence-electron chi connectivity index (χ2n) is 4.58. The predicted molar refractivity (Wildman–Crippen MR) is 65.1 cm³/mol. The predicted octanol–water partition coefficient (Wildman–Crippen LogP) is 1.61. The molecule has 0 aromatic heterocycles. The van der Waals surface area contributed by atoms with Gasteiger partial charge in [0.05, 0.1) is 19.8 Å². The Bertz CT molecular complexity index is 449. The van der Waals surface area contributed by atoms with Crippen molar-refractivity contribution in [2.45, 2.75) is 18.9 Å². The van der Waals surface area contributed by atoms with Gasteiger partial charge in [-0.1, -0.05) is 12.1 Å². The molecule has 1 atom stereocenters. The van der Waals surface area contributed by atoms with Crippen molar-refractivity contribution >= 4 is 5.78 Å². The molecular formula is C14H16O4. The molecule has 0 radical (unpaired) electrons. The van der Waals surface area contributed by atoms with Crippen LogP contribution in [-0.2, 0) is 15.9 Å². The van der Waals surface area contributed by atoms with Gasteiger partial charge in [-0.05, 0) is 12.5 Å². The largest absolute Gasteiger partial charge is 0.490 e. The number of carbonyl (C=O) groups excluding carboxylic acids is 1. The van der Waals surface area contributed by atoms with Crippen LogP contribution in [-0.4, -0.2) is 38.3 Å². The topological polar surface area (TPSA) is 44.8 Å². The summed E-state index contributed by atoms with van der Waals surface area (Å²) in [5.74, 6) is 1.03. The second-order valence-corrected chi connectivity index (χ2v) is 4.58. The van der Waals surface area contributed by atoms with E-state index in [9.17, 15) is 4.79 Å². The summed E-state index contributed by atoms with van der Waals surface area (Å²) in [6, 6.07) is 5.66. The van der Waals surface area contributed by atoms with Crippen molar-refractivity contribution in [2.75, 3.05) is 26.4 Å². The Labute approximate surface area is 106 Å². The molecule has 0 bridgehead atoms. The number of rotatable bonds is 3. The maximum Gasteiger partial charge on any atom is 0.163 e. The molecule has 1 aromatic rings. The van der Waals surface area contributed by atoms with E-state index in [1.165, 1.54) is 0 Å². The van der Waals surface area contributed by atoms with Crippen LogP contribution < -0.4 is 4.74 Å². The van der Waals surface area contributed by atoms with E-state index >= 15 is 0 Å². The third-order valence-electron chi connectivity index (χ3n) is 3.35. The average molecular weight is 248 g/mol. The molecule has 96 valence electrons. The van der Waals surface area contributed by atoms with Gasteiger partial charge in [0.15, 0.2) is 5.78 Å². The van der Waals surface area contributed by atoms with Gasteiger partial charge in [0.25, 0.3) is 0 Å². The summed E-state index contributed by atoms with van der Waals surface area (Å²) < 4.78 is 16.6. The lowest BCUT2D eigenvalue weighted by Gasteiger charge is -2.23. The van der Waals surface area contributed by atoms with Crippen molar-refractivity contribution in [1.29, 1.82) is 0 Å². The normalized spacial score (nSPS) is 22.9. The zero-order valence-corrected chi connectivity index (χ0v) is 10.2. The SMILES string of the molecule is O=C1CCc2c(OC[C@@H]3COCCO3)cccc21. The fourth-order valence-electron chi connectivity index (χ4n) is 2.41. The molecule has 2 aliphatic rings. The molecule has 1 aromatic carbocycles. The van der Waals surface area contributed by atoms with Gasteiger partial charge in [-0.2, -0.15) is 0 Å². The van der Waals surface area contributed by atoms with Crippen LogP contribution in [0, 0.1) is 0 Å². The number of hydrogen-bond donors (Lipinski definition) is 0. The van der Waals surface area contributed by atoms with Crippen LogP contribution in [0.3, 0.4) is 0 Å². The smallest absolute Gasteiger partial charge is 0.163 e. The molecule has 0 saturated carbocycles. The summed E-state index contributed by atoms with van der Waals surface area (Å²) in [5.41, 5.74) is 1.85. The minimum Gasteiger partial charge on any atom is -0.490 e. The Morgan fingerprint density at radius 2 is 2.22 bits per heavy atom.